The molecule has 5 N–H and O–H groups in total. The summed E-state index contributed by atoms with van der Waals surface area (Å²) in [5.74, 6) is 4.88. The topological polar surface area (TPSA) is 107 Å². The molecule has 1 amide bonds. The van der Waals surface area contributed by atoms with E-state index in [0.717, 1.165) is 5.56 Å². The van der Waals surface area contributed by atoms with Crippen molar-refractivity contribution < 1.29 is 4.79 Å². The Morgan fingerprint density at radius 1 is 1.30 bits per heavy atom. The Balaban J connectivity index is 2.44. The van der Waals surface area contributed by atoms with Gasteiger partial charge in [0, 0.05) is 11.4 Å². The molecule has 1 aromatic carbocycles. The second-order valence-corrected chi connectivity index (χ2v) is 4.70. The van der Waals surface area contributed by atoms with Gasteiger partial charge in [0.05, 0.1) is 17.0 Å². The van der Waals surface area contributed by atoms with Crippen molar-refractivity contribution in [3.05, 3.63) is 51.8 Å². The van der Waals surface area contributed by atoms with Gasteiger partial charge < -0.3 is 5.73 Å². The van der Waals surface area contributed by atoms with E-state index < -0.39 is 5.91 Å². The van der Waals surface area contributed by atoms with Crippen LogP contribution in [-0.4, -0.2) is 15.9 Å². The van der Waals surface area contributed by atoms with Crippen molar-refractivity contribution in [3.8, 4) is 0 Å². The van der Waals surface area contributed by atoms with Gasteiger partial charge in [-0.05, 0) is 24.6 Å². The van der Waals surface area contributed by atoms with Crippen LogP contribution in [0.1, 0.15) is 27.3 Å². The fourth-order valence-electron chi connectivity index (χ4n) is 1.95. The fourth-order valence-corrected chi connectivity index (χ4v) is 2.07. The molecule has 0 saturated heterocycles. The molecule has 0 spiro atoms. The molecule has 104 valence electrons. The zero-order chi connectivity index (χ0) is 14.7. The van der Waals surface area contributed by atoms with Crippen molar-refractivity contribution in [2.45, 2.75) is 13.3 Å². The molecule has 1 aromatic heterocycles. The highest BCUT2D eigenvalue weighted by Crippen LogP contribution is 2.18. The molecule has 0 unspecified atom stereocenters. The lowest BCUT2D eigenvalue weighted by atomic mass is 10.0. The number of hydrazine groups is 1. The summed E-state index contributed by atoms with van der Waals surface area (Å²) in [6, 6.07) is 7.27. The van der Waals surface area contributed by atoms with Gasteiger partial charge in [-0.15, -0.1) is 0 Å². The molecule has 2 rings (SSSR count). The number of nitrogens with one attached hydrogen (secondary N) is 1. The van der Waals surface area contributed by atoms with Crippen molar-refractivity contribution >= 4 is 23.5 Å². The van der Waals surface area contributed by atoms with Crippen molar-refractivity contribution in [1.82, 2.24) is 15.4 Å². The van der Waals surface area contributed by atoms with E-state index in [9.17, 15) is 4.79 Å². The van der Waals surface area contributed by atoms with Crippen LogP contribution in [0.2, 0.25) is 5.02 Å². The maximum Gasteiger partial charge on any atom is 0.268 e. The summed E-state index contributed by atoms with van der Waals surface area (Å²) in [5.41, 5.74) is 10.1. The number of aromatic nitrogens is 2. The summed E-state index contributed by atoms with van der Waals surface area (Å²) in [4.78, 5) is 20.0. The average Bonchev–Trinajstić information content (AvgIpc) is 2.40. The molecule has 0 radical (unpaired) electrons. The van der Waals surface area contributed by atoms with Gasteiger partial charge in [0.15, 0.2) is 0 Å². The second-order valence-electron chi connectivity index (χ2n) is 4.27. The largest absolute Gasteiger partial charge is 0.368 e. The fraction of sp³-hybridized carbons (Fsp3) is 0.154. The van der Waals surface area contributed by atoms with Crippen LogP contribution in [0.5, 0.6) is 0 Å². The van der Waals surface area contributed by atoms with E-state index in [0.29, 0.717) is 28.4 Å². The molecule has 0 aliphatic rings. The van der Waals surface area contributed by atoms with Crippen molar-refractivity contribution in [2.75, 3.05) is 5.73 Å². The number of carbonyl (C=O) groups is 1. The second kappa shape index (κ2) is 5.85. The number of nitrogens with two attached hydrogens (primary N) is 2. The maximum absolute atomic E-state index is 11.8. The number of carbonyl (C=O) groups excluding carboxylic acids is 1. The van der Waals surface area contributed by atoms with Crippen LogP contribution in [0.15, 0.2) is 24.3 Å². The van der Waals surface area contributed by atoms with Crippen LogP contribution in [0, 0.1) is 6.92 Å². The number of hydrogen-bond acceptors (Lipinski definition) is 5. The van der Waals surface area contributed by atoms with E-state index in [2.05, 4.69) is 15.4 Å². The van der Waals surface area contributed by atoms with Crippen molar-refractivity contribution in [3.63, 3.8) is 0 Å². The summed E-state index contributed by atoms with van der Waals surface area (Å²) >= 11 is 5.84. The van der Waals surface area contributed by atoms with Gasteiger partial charge in [-0.3, -0.25) is 10.2 Å². The maximum atomic E-state index is 11.8. The summed E-state index contributed by atoms with van der Waals surface area (Å²) in [7, 11) is 0. The normalized spacial score (nSPS) is 10.3. The summed E-state index contributed by atoms with van der Waals surface area (Å²) < 4.78 is 0. The third-order valence-electron chi connectivity index (χ3n) is 2.83. The van der Waals surface area contributed by atoms with Crippen LogP contribution >= 0.6 is 11.6 Å². The van der Waals surface area contributed by atoms with E-state index >= 15 is 0 Å². The molecule has 20 heavy (non-hydrogen) atoms. The van der Waals surface area contributed by atoms with E-state index in [4.69, 9.17) is 23.2 Å². The lowest BCUT2D eigenvalue weighted by Gasteiger charge is -2.11. The first-order valence-corrected chi connectivity index (χ1v) is 6.27. The number of hydrogen-bond donors (Lipinski definition) is 3. The van der Waals surface area contributed by atoms with Crippen LogP contribution in [0.25, 0.3) is 0 Å². The Hall–Kier alpha value is -2.18. The molecule has 6 nitrogen and oxygen atoms in total. The van der Waals surface area contributed by atoms with Crippen molar-refractivity contribution in [2.24, 2.45) is 5.84 Å². The molecule has 0 fully saturated rings. The smallest absolute Gasteiger partial charge is 0.268 e. The third kappa shape index (κ3) is 3.04. The third-order valence-corrected chi connectivity index (χ3v) is 3.08. The number of benzene rings is 1. The number of rotatable bonds is 3. The number of anilines is 1. The summed E-state index contributed by atoms with van der Waals surface area (Å²) in [5, 5.41) is 0.645. The van der Waals surface area contributed by atoms with E-state index in [1.165, 1.54) is 0 Å². The lowest BCUT2D eigenvalue weighted by Crippen LogP contribution is -2.32. The monoisotopic (exact) mass is 291 g/mol. The molecule has 0 saturated carbocycles. The Labute approximate surface area is 121 Å². The number of nitrogen functional groups attached to an aromatic ring is 2. The SMILES string of the molecule is Cc1nc(N)nc(Cc2ccc(Cl)cc2)c1C(=O)NN. The van der Waals surface area contributed by atoms with Gasteiger partial charge >= 0.3 is 0 Å². The Morgan fingerprint density at radius 2 is 1.95 bits per heavy atom. The van der Waals surface area contributed by atoms with Crippen molar-refractivity contribution in [1.29, 1.82) is 0 Å². The predicted octanol–water partition coefficient (Wildman–Crippen LogP) is 1.21. The number of nitrogens with zero attached hydrogens (tertiary/aromatic N) is 2. The highest BCUT2D eigenvalue weighted by Gasteiger charge is 2.17. The molecule has 2 aromatic rings. The molecule has 7 heteroatoms. The van der Waals surface area contributed by atoms with Crippen LogP contribution in [-0.2, 0) is 6.42 Å². The minimum absolute atomic E-state index is 0.125. The molecular weight excluding hydrogens is 278 g/mol. The highest BCUT2D eigenvalue weighted by atomic mass is 35.5. The number of halogens is 1. The molecule has 0 atom stereocenters. The molecule has 0 bridgehead atoms. The highest BCUT2D eigenvalue weighted by molar-refractivity contribution is 6.30. The first-order valence-electron chi connectivity index (χ1n) is 5.89. The van der Waals surface area contributed by atoms with E-state index in [-0.39, 0.29) is 5.95 Å². The first kappa shape index (κ1) is 14.2. The van der Waals surface area contributed by atoms with Gasteiger partial charge in [-0.1, -0.05) is 23.7 Å². The minimum Gasteiger partial charge on any atom is -0.368 e. The number of aryl methyl sites for hydroxylation is 1. The molecule has 0 aliphatic heterocycles. The standard InChI is InChI=1S/C13H14ClN5O/c1-7-11(12(20)19-16)10(18-13(15)17-7)6-8-2-4-9(14)5-3-8/h2-5H,6,16H2,1H3,(H,19,20)(H2,15,17,18). The predicted molar refractivity (Wildman–Crippen MR) is 77.1 cm³/mol. The molecule has 1 heterocycles. The Kier molecular flexibility index (Phi) is 4.16. The van der Waals surface area contributed by atoms with Gasteiger partial charge in [0.1, 0.15) is 0 Å². The van der Waals surface area contributed by atoms with E-state index in [1.807, 2.05) is 12.1 Å². The lowest BCUT2D eigenvalue weighted by molar-refractivity contribution is 0.0951. The average molecular weight is 292 g/mol. The van der Waals surface area contributed by atoms with Gasteiger partial charge in [0.2, 0.25) is 5.95 Å². The van der Waals surface area contributed by atoms with Gasteiger partial charge in [0.25, 0.3) is 5.91 Å². The van der Waals surface area contributed by atoms with Gasteiger partial charge in [-0.2, -0.15) is 0 Å². The van der Waals surface area contributed by atoms with Crippen LogP contribution in [0.4, 0.5) is 5.95 Å². The van der Waals surface area contributed by atoms with Crippen LogP contribution < -0.4 is 17.0 Å². The van der Waals surface area contributed by atoms with E-state index in [1.54, 1.807) is 19.1 Å². The van der Waals surface area contributed by atoms with Crippen LogP contribution in [0.3, 0.4) is 0 Å². The quantitative estimate of drug-likeness (QED) is 0.448. The molecule has 0 aliphatic carbocycles. The first-order chi connectivity index (χ1) is 9.51. The van der Waals surface area contributed by atoms with Gasteiger partial charge in [-0.25, -0.2) is 15.8 Å². The minimum atomic E-state index is -0.438. The summed E-state index contributed by atoms with van der Waals surface area (Å²) in [6.45, 7) is 1.69. The zero-order valence-electron chi connectivity index (χ0n) is 10.9. The zero-order valence-corrected chi connectivity index (χ0v) is 11.6. The summed E-state index contributed by atoms with van der Waals surface area (Å²) in [6.07, 6.45) is 0.438. The Morgan fingerprint density at radius 3 is 2.55 bits per heavy atom. The molecular formula is C13H14ClN5O. The Bertz CT molecular complexity index is 642. The number of amides is 1.